The van der Waals surface area contributed by atoms with Gasteiger partial charge < -0.3 is 5.11 Å². The van der Waals surface area contributed by atoms with E-state index < -0.39 is 18.1 Å². The van der Waals surface area contributed by atoms with Crippen molar-refractivity contribution in [3.8, 4) is 0 Å². The SMILES string of the molecule is O=C(O)CCC1CCCCN1C1CCCC(C(F)(F)F)C1. The number of hydrogen-bond donors (Lipinski definition) is 1. The fraction of sp³-hybridized carbons (Fsp3) is 0.933. The molecule has 1 saturated carbocycles. The van der Waals surface area contributed by atoms with E-state index in [4.69, 9.17) is 5.11 Å². The number of aliphatic carboxylic acids is 1. The van der Waals surface area contributed by atoms with Crippen LogP contribution in [-0.2, 0) is 4.79 Å². The van der Waals surface area contributed by atoms with E-state index in [9.17, 15) is 18.0 Å². The van der Waals surface area contributed by atoms with Crippen molar-refractivity contribution >= 4 is 5.97 Å². The summed E-state index contributed by atoms with van der Waals surface area (Å²) in [5.41, 5.74) is 0. The summed E-state index contributed by atoms with van der Waals surface area (Å²) in [7, 11) is 0. The molecule has 1 aliphatic carbocycles. The molecule has 21 heavy (non-hydrogen) atoms. The van der Waals surface area contributed by atoms with Gasteiger partial charge in [-0.15, -0.1) is 0 Å². The molecule has 122 valence electrons. The normalized spacial score (nSPS) is 32.0. The van der Waals surface area contributed by atoms with Gasteiger partial charge in [-0.05, 0) is 45.1 Å². The average molecular weight is 307 g/mol. The zero-order valence-corrected chi connectivity index (χ0v) is 12.2. The van der Waals surface area contributed by atoms with E-state index in [1.54, 1.807) is 0 Å². The Balaban J connectivity index is 1.97. The maximum Gasteiger partial charge on any atom is 0.391 e. The van der Waals surface area contributed by atoms with Crippen LogP contribution in [0.4, 0.5) is 13.2 Å². The van der Waals surface area contributed by atoms with Gasteiger partial charge in [-0.1, -0.05) is 12.8 Å². The molecule has 1 saturated heterocycles. The first-order valence-corrected chi connectivity index (χ1v) is 7.92. The molecular formula is C15H24F3NO2. The van der Waals surface area contributed by atoms with Crippen molar-refractivity contribution in [1.29, 1.82) is 0 Å². The van der Waals surface area contributed by atoms with Gasteiger partial charge in [-0.25, -0.2) is 0 Å². The molecule has 0 aromatic rings. The van der Waals surface area contributed by atoms with Crippen LogP contribution in [0.15, 0.2) is 0 Å². The minimum atomic E-state index is -4.09. The van der Waals surface area contributed by atoms with Gasteiger partial charge in [-0.3, -0.25) is 9.69 Å². The van der Waals surface area contributed by atoms with Crippen LogP contribution in [0.2, 0.25) is 0 Å². The van der Waals surface area contributed by atoms with Crippen molar-refractivity contribution in [3.63, 3.8) is 0 Å². The van der Waals surface area contributed by atoms with E-state index >= 15 is 0 Å². The van der Waals surface area contributed by atoms with Gasteiger partial charge in [0.25, 0.3) is 0 Å². The summed E-state index contributed by atoms with van der Waals surface area (Å²) in [6, 6.07) is 0.122. The Morgan fingerprint density at radius 1 is 1.14 bits per heavy atom. The fourth-order valence-corrected chi connectivity index (χ4v) is 3.87. The summed E-state index contributed by atoms with van der Waals surface area (Å²) in [5.74, 6) is -2.00. The van der Waals surface area contributed by atoms with Crippen molar-refractivity contribution in [2.24, 2.45) is 5.92 Å². The van der Waals surface area contributed by atoms with Crippen LogP contribution >= 0.6 is 0 Å². The summed E-state index contributed by atoms with van der Waals surface area (Å²) in [6.45, 7) is 0.819. The van der Waals surface area contributed by atoms with Gasteiger partial charge in [0.2, 0.25) is 0 Å². The first kappa shape index (κ1) is 16.6. The lowest BCUT2D eigenvalue weighted by atomic mass is 9.82. The number of rotatable bonds is 4. The summed E-state index contributed by atoms with van der Waals surface area (Å²) in [5, 5.41) is 8.82. The van der Waals surface area contributed by atoms with E-state index in [2.05, 4.69) is 4.90 Å². The van der Waals surface area contributed by atoms with E-state index in [-0.39, 0.29) is 31.3 Å². The van der Waals surface area contributed by atoms with Crippen molar-refractivity contribution in [2.45, 2.75) is 76.0 Å². The third-order valence-corrected chi connectivity index (χ3v) is 4.94. The Hall–Kier alpha value is -0.780. The van der Waals surface area contributed by atoms with Crippen LogP contribution in [0.5, 0.6) is 0 Å². The molecule has 2 fully saturated rings. The van der Waals surface area contributed by atoms with Crippen molar-refractivity contribution in [2.75, 3.05) is 6.54 Å². The Morgan fingerprint density at radius 3 is 2.57 bits per heavy atom. The highest BCUT2D eigenvalue weighted by molar-refractivity contribution is 5.66. The van der Waals surface area contributed by atoms with Crippen LogP contribution in [0.1, 0.15) is 57.8 Å². The first-order chi connectivity index (χ1) is 9.88. The summed E-state index contributed by atoms with van der Waals surface area (Å²) < 4.78 is 38.8. The minimum Gasteiger partial charge on any atom is -0.481 e. The lowest BCUT2D eigenvalue weighted by Crippen LogP contribution is -2.49. The molecule has 1 heterocycles. The number of piperidine rings is 1. The predicted octanol–water partition coefficient (Wildman–Crippen LogP) is 3.83. The number of nitrogens with zero attached hydrogens (tertiary/aromatic N) is 1. The Kier molecular flexibility index (Phi) is 5.52. The lowest BCUT2D eigenvalue weighted by Gasteiger charge is -2.44. The molecule has 3 atom stereocenters. The number of carbonyl (C=O) groups is 1. The van der Waals surface area contributed by atoms with Gasteiger partial charge >= 0.3 is 12.1 Å². The lowest BCUT2D eigenvalue weighted by molar-refractivity contribution is -0.188. The van der Waals surface area contributed by atoms with Gasteiger partial charge in [-0.2, -0.15) is 13.2 Å². The van der Waals surface area contributed by atoms with Gasteiger partial charge in [0.05, 0.1) is 5.92 Å². The standard InChI is InChI=1S/C15H24F3NO2/c16-15(17,18)11-4-3-6-13(10-11)19-9-2-1-5-12(19)7-8-14(20)21/h11-13H,1-10H2,(H,20,21). The zero-order chi connectivity index (χ0) is 15.5. The highest BCUT2D eigenvalue weighted by Gasteiger charge is 2.44. The molecule has 1 N–H and O–H groups in total. The number of likely N-dealkylation sites (tertiary alicyclic amines) is 1. The smallest absolute Gasteiger partial charge is 0.391 e. The number of carboxylic acids is 1. The summed E-state index contributed by atoms with van der Waals surface area (Å²) in [4.78, 5) is 12.9. The second kappa shape index (κ2) is 6.99. The van der Waals surface area contributed by atoms with Crippen LogP contribution < -0.4 is 0 Å². The highest BCUT2D eigenvalue weighted by Crippen LogP contribution is 2.40. The second-order valence-electron chi connectivity index (χ2n) is 6.38. The number of hydrogen-bond acceptors (Lipinski definition) is 2. The molecule has 1 aliphatic heterocycles. The third kappa shape index (κ3) is 4.59. The maximum absolute atomic E-state index is 12.9. The van der Waals surface area contributed by atoms with E-state index in [1.807, 2.05) is 0 Å². The van der Waals surface area contributed by atoms with Crippen LogP contribution in [0, 0.1) is 5.92 Å². The molecule has 2 rings (SSSR count). The monoisotopic (exact) mass is 307 g/mol. The molecule has 6 heteroatoms. The Labute approximate surface area is 123 Å². The second-order valence-corrected chi connectivity index (χ2v) is 6.38. The predicted molar refractivity (Wildman–Crippen MR) is 73.0 cm³/mol. The van der Waals surface area contributed by atoms with E-state index in [1.165, 1.54) is 0 Å². The van der Waals surface area contributed by atoms with Gasteiger partial charge in [0.15, 0.2) is 0 Å². The molecule has 3 unspecified atom stereocenters. The zero-order valence-electron chi connectivity index (χ0n) is 12.2. The molecule has 0 bridgehead atoms. The summed E-state index contributed by atoms with van der Waals surface area (Å²) in [6.07, 6.45) is 1.42. The molecular weight excluding hydrogens is 283 g/mol. The van der Waals surface area contributed by atoms with Crippen molar-refractivity contribution in [1.82, 2.24) is 4.90 Å². The topological polar surface area (TPSA) is 40.5 Å². The Morgan fingerprint density at radius 2 is 1.90 bits per heavy atom. The quantitative estimate of drug-likeness (QED) is 0.858. The number of carboxylic acid groups (broad SMARTS) is 1. The largest absolute Gasteiger partial charge is 0.481 e. The van der Waals surface area contributed by atoms with E-state index in [0.717, 1.165) is 32.2 Å². The Bertz CT molecular complexity index is 359. The first-order valence-electron chi connectivity index (χ1n) is 7.92. The van der Waals surface area contributed by atoms with Gasteiger partial charge in [0, 0.05) is 18.5 Å². The van der Waals surface area contributed by atoms with E-state index in [0.29, 0.717) is 12.8 Å². The molecule has 2 aliphatic rings. The highest BCUT2D eigenvalue weighted by atomic mass is 19.4. The van der Waals surface area contributed by atoms with Gasteiger partial charge in [0.1, 0.15) is 0 Å². The number of alkyl halides is 3. The van der Waals surface area contributed by atoms with Crippen LogP contribution in [0.3, 0.4) is 0 Å². The van der Waals surface area contributed by atoms with Crippen molar-refractivity contribution < 1.29 is 23.1 Å². The summed E-state index contributed by atoms with van der Waals surface area (Å²) >= 11 is 0. The minimum absolute atomic E-state index is 0.0236. The third-order valence-electron chi connectivity index (χ3n) is 4.94. The van der Waals surface area contributed by atoms with Crippen molar-refractivity contribution in [3.05, 3.63) is 0 Å². The molecule has 0 aromatic carbocycles. The maximum atomic E-state index is 12.9. The fourth-order valence-electron chi connectivity index (χ4n) is 3.87. The molecule has 0 amide bonds. The number of halogens is 3. The molecule has 0 aromatic heterocycles. The van der Waals surface area contributed by atoms with Crippen LogP contribution in [0.25, 0.3) is 0 Å². The van der Waals surface area contributed by atoms with Crippen LogP contribution in [-0.4, -0.2) is 40.8 Å². The molecule has 0 radical (unpaired) electrons. The molecule has 3 nitrogen and oxygen atoms in total. The molecule has 0 spiro atoms. The average Bonchev–Trinajstić information content (AvgIpc) is 2.44.